The van der Waals surface area contributed by atoms with Crippen LogP contribution in [0.1, 0.15) is 18.4 Å². The van der Waals surface area contributed by atoms with E-state index < -0.39 is 0 Å². The third-order valence-corrected chi connectivity index (χ3v) is 3.64. The molecule has 0 fully saturated rings. The Morgan fingerprint density at radius 3 is 2.18 bits per heavy atom. The fourth-order valence-electron chi connectivity index (χ4n) is 2.20. The molecule has 0 spiro atoms. The van der Waals surface area contributed by atoms with Gasteiger partial charge < -0.3 is 23.7 Å². The zero-order chi connectivity index (χ0) is 20.3. The molecular formula is C19H29N3O6. The average molecular weight is 395 g/mol. The number of aryl methyl sites for hydroxylation is 1. The standard InChI is InChI=1S/C19H29N3O6/c1-24-19(23)4-2-3-17-5-7-18(8-6-17)28-16-15-27-14-13-26-12-11-25-10-9-21-22-20/h5-8H,2-4,9-16H2,1H3. The van der Waals surface area contributed by atoms with Crippen LogP contribution < -0.4 is 4.74 Å². The molecule has 0 aliphatic heterocycles. The fraction of sp³-hybridized carbons (Fsp3) is 0.632. The Hall–Kier alpha value is -2.32. The predicted octanol–water partition coefficient (Wildman–Crippen LogP) is 2.92. The molecule has 0 unspecified atom stereocenters. The summed E-state index contributed by atoms with van der Waals surface area (Å²) < 4.78 is 26.2. The van der Waals surface area contributed by atoms with Crippen LogP contribution in [0.15, 0.2) is 29.4 Å². The van der Waals surface area contributed by atoms with E-state index >= 15 is 0 Å². The van der Waals surface area contributed by atoms with Gasteiger partial charge in [0.05, 0.1) is 46.8 Å². The molecule has 156 valence electrons. The first kappa shape index (κ1) is 23.7. The number of benzene rings is 1. The molecule has 9 heteroatoms. The summed E-state index contributed by atoms with van der Waals surface area (Å²) in [4.78, 5) is 13.7. The predicted molar refractivity (Wildman–Crippen MR) is 103 cm³/mol. The van der Waals surface area contributed by atoms with E-state index in [1.165, 1.54) is 7.11 Å². The van der Waals surface area contributed by atoms with Gasteiger partial charge in [0.2, 0.25) is 0 Å². The summed E-state index contributed by atoms with van der Waals surface area (Å²) >= 11 is 0. The summed E-state index contributed by atoms with van der Waals surface area (Å²) in [6.07, 6.45) is 2.03. The first-order valence-corrected chi connectivity index (χ1v) is 9.29. The number of methoxy groups -OCH3 is 1. The summed E-state index contributed by atoms with van der Waals surface area (Å²) in [6.45, 7) is 3.58. The highest BCUT2D eigenvalue weighted by Gasteiger charge is 2.01. The quantitative estimate of drug-likeness (QED) is 0.132. The number of carbonyl (C=O) groups is 1. The van der Waals surface area contributed by atoms with Crippen molar-refractivity contribution in [2.75, 3.05) is 59.9 Å². The molecule has 0 aliphatic carbocycles. The van der Waals surface area contributed by atoms with E-state index in [0.717, 1.165) is 24.2 Å². The molecule has 0 aliphatic rings. The molecule has 0 saturated carbocycles. The van der Waals surface area contributed by atoms with Crippen molar-refractivity contribution in [1.29, 1.82) is 0 Å². The van der Waals surface area contributed by atoms with Crippen LogP contribution in [0.25, 0.3) is 10.4 Å². The van der Waals surface area contributed by atoms with Crippen molar-refractivity contribution >= 4 is 5.97 Å². The highest BCUT2D eigenvalue weighted by atomic mass is 16.6. The van der Waals surface area contributed by atoms with Gasteiger partial charge in [0.15, 0.2) is 0 Å². The minimum absolute atomic E-state index is 0.180. The number of nitrogens with zero attached hydrogens (tertiary/aromatic N) is 3. The zero-order valence-electron chi connectivity index (χ0n) is 16.4. The van der Waals surface area contributed by atoms with E-state index in [0.29, 0.717) is 59.2 Å². The second kappa shape index (κ2) is 16.8. The van der Waals surface area contributed by atoms with Crippen LogP contribution in [-0.2, 0) is 30.2 Å². The van der Waals surface area contributed by atoms with Crippen LogP contribution in [0.2, 0.25) is 0 Å². The molecule has 1 aromatic rings. The van der Waals surface area contributed by atoms with Crippen molar-refractivity contribution in [3.05, 3.63) is 40.3 Å². The maximum Gasteiger partial charge on any atom is 0.305 e. The lowest BCUT2D eigenvalue weighted by atomic mass is 10.1. The molecule has 0 atom stereocenters. The van der Waals surface area contributed by atoms with Gasteiger partial charge in [-0.15, -0.1) is 0 Å². The molecule has 9 nitrogen and oxygen atoms in total. The molecule has 0 heterocycles. The minimum atomic E-state index is -0.180. The Morgan fingerprint density at radius 2 is 1.57 bits per heavy atom. The molecular weight excluding hydrogens is 366 g/mol. The third kappa shape index (κ3) is 12.9. The van der Waals surface area contributed by atoms with Crippen molar-refractivity contribution in [3.63, 3.8) is 0 Å². The lowest BCUT2D eigenvalue weighted by Gasteiger charge is -2.09. The van der Waals surface area contributed by atoms with E-state index in [1.807, 2.05) is 24.3 Å². The van der Waals surface area contributed by atoms with Gasteiger partial charge >= 0.3 is 5.97 Å². The number of ether oxygens (including phenoxy) is 5. The van der Waals surface area contributed by atoms with Crippen LogP contribution in [0.3, 0.4) is 0 Å². The summed E-state index contributed by atoms with van der Waals surface area (Å²) in [7, 11) is 1.40. The summed E-state index contributed by atoms with van der Waals surface area (Å²) in [6, 6.07) is 7.82. The first-order chi connectivity index (χ1) is 13.8. The fourth-order valence-corrected chi connectivity index (χ4v) is 2.20. The normalized spacial score (nSPS) is 10.3. The Bertz CT molecular complexity index is 576. The van der Waals surface area contributed by atoms with E-state index in [2.05, 4.69) is 14.8 Å². The number of carbonyl (C=O) groups excluding carboxylic acids is 1. The van der Waals surface area contributed by atoms with E-state index in [4.69, 9.17) is 24.5 Å². The monoisotopic (exact) mass is 395 g/mol. The lowest BCUT2D eigenvalue weighted by Crippen LogP contribution is -2.13. The smallest absolute Gasteiger partial charge is 0.305 e. The van der Waals surface area contributed by atoms with Crippen molar-refractivity contribution in [2.24, 2.45) is 5.11 Å². The summed E-state index contributed by atoms with van der Waals surface area (Å²) in [5.41, 5.74) is 9.26. The Balaban J connectivity index is 1.94. The second-order valence-corrected chi connectivity index (χ2v) is 5.71. The molecule has 0 bridgehead atoms. The van der Waals surface area contributed by atoms with Gasteiger partial charge in [0.1, 0.15) is 12.4 Å². The van der Waals surface area contributed by atoms with Crippen molar-refractivity contribution < 1.29 is 28.5 Å². The maximum atomic E-state index is 11.1. The SMILES string of the molecule is COC(=O)CCCc1ccc(OCCOCCOCCOCCN=[N+]=[N-])cc1. The van der Waals surface area contributed by atoms with Crippen LogP contribution in [0.5, 0.6) is 5.75 Å². The zero-order valence-corrected chi connectivity index (χ0v) is 16.4. The number of rotatable bonds is 17. The van der Waals surface area contributed by atoms with Crippen LogP contribution in [-0.4, -0.2) is 65.9 Å². The van der Waals surface area contributed by atoms with E-state index in [1.54, 1.807) is 0 Å². The number of azide groups is 1. The van der Waals surface area contributed by atoms with Crippen molar-refractivity contribution in [3.8, 4) is 5.75 Å². The Kier molecular flexibility index (Phi) is 14.3. The lowest BCUT2D eigenvalue weighted by molar-refractivity contribution is -0.140. The Labute approximate surface area is 165 Å². The first-order valence-electron chi connectivity index (χ1n) is 9.29. The van der Waals surface area contributed by atoms with E-state index in [-0.39, 0.29) is 5.97 Å². The molecule has 0 amide bonds. The molecule has 0 aromatic heterocycles. The van der Waals surface area contributed by atoms with Crippen molar-refractivity contribution in [1.82, 2.24) is 0 Å². The Morgan fingerprint density at radius 1 is 0.964 bits per heavy atom. The number of esters is 1. The highest BCUT2D eigenvalue weighted by molar-refractivity contribution is 5.69. The van der Waals surface area contributed by atoms with Gasteiger partial charge in [0.25, 0.3) is 0 Å². The molecule has 0 saturated heterocycles. The molecule has 0 radical (unpaired) electrons. The minimum Gasteiger partial charge on any atom is -0.491 e. The van der Waals surface area contributed by atoms with Gasteiger partial charge in [0, 0.05) is 17.9 Å². The summed E-state index contributed by atoms with van der Waals surface area (Å²) in [5, 5.41) is 3.36. The largest absolute Gasteiger partial charge is 0.491 e. The molecule has 0 N–H and O–H groups in total. The molecule has 1 aromatic carbocycles. The molecule has 1 rings (SSSR count). The van der Waals surface area contributed by atoms with E-state index in [9.17, 15) is 4.79 Å². The van der Waals surface area contributed by atoms with Crippen LogP contribution >= 0.6 is 0 Å². The highest BCUT2D eigenvalue weighted by Crippen LogP contribution is 2.14. The summed E-state index contributed by atoms with van der Waals surface area (Å²) in [5.74, 6) is 0.607. The van der Waals surface area contributed by atoms with Crippen molar-refractivity contribution in [2.45, 2.75) is 19.3 Å². The third-order valence-electron chi connectivity index (χ3n) is 3.64. The maximum absolute atomic E-state index is 11.1. The number of hydrogen-bond acceptors (Lipinski definition) is 7. The van der Waals surface area contributed by atoms with Gasteiger partial charge in [-0.05, 0) is 36.1 Å². The molecule has 28 heavy (non-hydrogen) atoms. The topological polar surface area (TPSA) is 112 Å². The van der Waals surface area contributed by atoms with Gasteiger partial charge in [-0.25, -0.2) is 0 Å². The van der Waals surface area contributed by atoms with Crippen LogP contribution in [0, 0.1) is 0 Å². The van der Waals surface area contributed by atoms with Gasteiger partial charge in [-0.2, -0.15) is 0 Å². The number of hydrogen-bond donors (Lipinski definition) is 0. The van der Waals surface area contributed by atoms with Gasteiger partial charge in [-0.1, -0.05) is 17.2 Å². The van der Waals surface area contributed by atoms with Crippen LogP contribution in [0.4, 0.5) is 0 Å². The average Bonchev–Trinajstić information content (AvgIpc) is 2.72. The van der Waals surface area contributed by atoms with Gasteiger partial charge in [-0.3, -0.25) is 4.79 Å². The second-order valence-electron chi connectivity index (χ2n) is 5.71.